The van der Waals surface area contributed by atoms with Crippen molar-refractivity contribution in [2.45, 2.75) is 19.8 Å². The lowest BCUT2D eigenvalue weighted by Crippen LogP contribution is -2.13. The Morgan fingerprint density at radius 1 is 1.23 bits per heavy atom. The van der Waals surface area contributed by atoms with E-state index in [1.54, 1.807) is 36.5 Å². The van der Waals surface area contributed by atoms with Gasteiger partial charge in [-0.3, -0.25) is 9.78 Å². The SMILES string of the molecule is CCCCNc1cncc(C(=O)Nc2ccc(C#N)cc2)c1. The van der Waals surface area contributed by atoms with Gasteiger partial charge in [-0.1, -0.05) is 13.3 Å². The van der Waals surface area contributed by atoms with Crippen LogP contribution >= 0.6 is 0 Å². The first-order chi connectivity index (χ1) is 10.7. The maximum Gasteiger partial charge on any atom is 0.257 e. The minimum Gasteiger partial charge on any atom is -0.384 e. The van der Waals surface area contributed by atoms with Gasteiger partial charge in [-0.15, -0.1) is 0 Å². The van der Waals surface area contributed by atoms with Crippen molar-refractivity contribution in [2.75, 3.05) is 17.2 Å². The van der Waals surface area contributed by atoms with Crippen LogP contribution in [0.25, 0.3) is 0 Å². The molecule has 1 aromatic carbocycles. The lowest BCUT2D eigenvalue weighted by molar-refractivity contribution is 0.102. The van der Waals surface area contributed by atoms with Crippen molar-refractivity contribution in [1.29, 1.82) is 5.26 Å². The van der Waals surface area contributed by atoms with Gasteiger partial charge in [0.1, 0.15) is 0 Å². The highest BCUT2D eigenvalue weighted by molar-refractivity contribution is 6.04. The summed E-state index contributed by atoms with van der Waals surface area (Å²) in [6.07, 6.45) is 5.42. The number of nitrogens with zero attached hydrogens (tertiary/aromatic N) is 2. The van der Waals surface area contributed by atoms with Crippen molar-refractivity contribution in [3.05, 3.63) is 53.9 Å². The summed E-state index contributed by atoms with van der Waals surface area (Å²) in [5.74, 6) is -0.226. The van der Waals surface area contributed by atoms with Crippen LogP contribution < -0.4 is 10.6 Å². The number of carbonyl (C=O) groups excluding carboxylic acids is 1. The van der Waals surface area contributed by atoms with Crippen molar-refractivity contribution in [3.63, 3.8) is 0 Å². The average molecular weight is 294 g/mol. The Morgan fingerprint density at radius 2 is 2.00 bits per heavy atom. The van der Waals surface area contributed by atoms with Gasteiger partial charge < -0.3 is 10.6 Å². The molecule has 0 fully saturated rings. The van der Waals surface area contributed by atoms with Gasteiger partial charge in [0.25, 0.3) is 5.91 Å². The molecule has 0 aliphatic heterocycles. The first kappa shape index (κ1) is 15.5. The van der Waals surface area contributed by atoms with Gasteiger partial charge in [0.15, 0.2) is 0 Å². The van der Waals surface area contributed by atoms with E-state index in [-0.39, 0.29) is 5.91 Å². The normalized spacial score (nSPS) is 9.82. The van der Waals surface area contributed by atoms with E-state index in [1.807, 2.05) is 6.07 Å². The monoisotopic (exact) mass is 294 g/mol. The highest BCUT2D eigenvalue weighted by Crippen LogP contribution is 2.13. The molecule has 0 saturated carbocycles. The van der Waals surface area contributed by atoms with E-state index < -0.39 is 0 Å². The highest BCUT2D eigenvalue weighted by Gasteiger charge is 2.07. The fourth-order valence-electron chi connectivity index (χ4n) is 1.90. The predicted octanol–water partition coefficient (Wildman–Crippen LogP) is 3.42. The second kappa shape index (κ2) is 7.79. The number of rotatable bonds is 6. The molecule has 0 atom stereocenters. The molecule has 5 heteroatoms. The molecule has 2 rings (SSSR count). The van der Waals surface area contributed by atoms with E-state index in [1.165, 1.54) is 6.20 Å². The molecule has 0 radical (unpaired) electrons. The second-order valence-electron chi connectivity index (χ2n) is 4.89. The zero-order chi connectivity index (χ0) is 15.8. The van der Waals surface area contributed by atoms with Crippen molar-refractivity contribution in [2.24, 2.45) is 0 Å². The Balaban J connectivity index is 2.02. The Morgan fingerprint density at radius 3 is 2.68 bits per heavy atom. The smallest absolute Gasteiger partial charge is 0.257 e. The van der Waals surface area contributed by atoms with Crippen LogP contribution in [0.15, 0.2) is 42.7 Å². The predicted molar refractivity (Wildman–Crippen MR) is 86.7 cm³/mol. The van der Waals surface area contributed by atoms with Crippen LogP contribution in [0.1, 0.15) is 35.7 Å². The number of pyridine rings is 1. The first-order valence-corrected chi connectivity index (χ1v) is 7.23. The minimum atomic E-state index is -0.226. The number of amides is 1. The quantitative estimate of drug-likeness (QED) is 0.800. The van der Waals surface area contributed by atoms with Crippen LogP contribution in [-0.4, -0.2) is 17.4 Å². The number of nitriles is 1. The molecule has 22 heavy (non-hydrogen) atoms. The lowest BCUT2D eigenvalue weighted by Gasteiger charge is -2.08. The van der Waals surface area contributed by atoms with Crippen LogP contribution in [-0.2, 0) is 0 Å². The summed E-state index contributed by atoms with van der Waals surface area (Å²) >= 11 is 0. The third kappa shape index (κ3) is 4.32. The molecule has 1 amide bonds. The number of carbonyl (C=O) groups is 1. The summed E-state index contributed by atoms with van der Waals surface area (Å²) in [4.78, 5) is 16.3. The van der Waals surface area contributed by atoms with Crippen LogP contribution in [0.2, 0.25) is 0 Å². The highest BCUT2D eigenvalue weighted by atomic mass is 16.1. The topological polar surface area (TPSA) is 77.8 Å². The van der Waals surface area contributed by atoms with E-state index >= 15 is 0 Å². The zero-order valence-corrected chi connectivity index (χ0v) is 12.5. The Kier molecular flexibility index (Phi) is 5.50. The molecule has 0 unspecified atom stereocenters. The van der Waals surface area contributed by atoms with Crippen molar-refractivity contribution < 1.29 is 4.79 Å². The van der Waals surface area contributed by atoms with Gasteiger partial charge in [0.2, 0.25) is 0 Å². The minimum absolute atomic E-state index is 0.226. The van der Waals surface area contributed by atoms with E-state index in [9.17, 15) is 4.79 Å². The third-order valence-corrected chi connectivity index (χ3v) is 3.13. The molecular formula is C17H18N4O. The van der Waals surface area contributed by atoms with Gasteiger partial charge in [0, 0.05) is 24.6 Å². The Hall–Kier alpha value is -2.87. The standard InChI is InChI=1S/C17H18N4O/c1-2-3-8-20-16-9-14(11-19-12-16)17(22)21-15-6-4-13(10-18)5-7-15/h4-7,9,11-12,20H,2-3,8H2,1H3,(H,21,22). The molecule has 2 N–H and O–H groups in total. The fourth-order valence-corrected chi connectivity index (χ4v) is 1.90. The molecule has 0 aliphatic carbocycles. The van der Waals surface area contributed by atoms with E-state index in [4.69, 9.17) is 5.26 Å². The van der Waals surface area contributed by atoms with E-state index in [2.05, 4.69) is 22.5 Å². The van der Waals surface area contributed by atoms with Crippen LogP contribution in [0, 0.1) is 11.3 Å². The molecule has 0 bridgehead atoms. The number of hydrogen-bond acceptors (Lipinski definition) is 4. The number of benzene rings is 1. The summed E-state index contributed by atoms with van der Waals surface area (Å²) in [5.41, 5.74) is 2.53. The summed E-state index contributed by atoms with van der Waals surface area (Å²) in [5, 5.41) is 14.8. The first-order valence-electron chi connectivity index (χ1n) is 7.23. The van der Waals surface area contributed by atoms with E-state index in [0.29, 0.717) is 16.8 Å². The molecule has 5 nitrogen and oxygen atoms in total. The molecular weight excluding hydrogens is 276 g/mol. The summed E-state index contributed by atoms with van der Waals surface area (Å²) in [6, 6.07) is 10.5. The van der Waals surface area contributed by atoms with Gasteiger partial charge in [-0.2, -0.15) is 5.26 Å². The molecule has 0 saturated heterocycles. The van der Waals surface area contributed by atoms with Crippen LogP contribution in [0.5, 0.6) is 0 Å². The zero-order valence-electron chi connectivity index (χ0n) is 12.5. The summed E-state index contributed by atoms with van der Waals surface area (Å²) in [7, 11) is 0. The van der Waals surface area contributed by atoms with Gasteiger partial charge in [0.05, 0.1) is 22.9 Å². The van der Waals surface area contributed by atoms with Gasteiger partial charge >= 0.3 is 0 Å². The van der Waals surface area contributed by atoms with E-state index in [0.717, 1.165) is 25.1 Å². The molecule has 1 heterocycles. The number of aromatic nitrogens is 1. The molecule has 0 aliphatic rings. The number of unbranched alkanes of at least 4 members (excludes halogenated alkanes) is 1. The Labute approximate surface area is 130 Å². The maximum atomic E-state index is 12.2. The number of anilines is 2. The molecule has 2 aromatic rings. The van der Waals surface area contributed by atoms with Crippen LogP contribution in [0.3, 0.4) is 0 Å². The maximum absolute atomic E-state index is 12.2. The van der Waals surface area contributed by atoms with Crippen molar-refractivity contribution in [1.82, 2.24) is 4.98 Å². The lowest BCUT2D eigenvalue weighted by atomic mass is 10.2. The van der Waals surface area contributed by atoms with Crippen molar-refractivity contribution in [3.8, 4) is 6.07 Å². The second-order valence-corrected chi connectivity index (χ2v) is 4.89. The molecule has 1 aromatic heterocycles. The van der Waals surface area contributed by atoms with Gasteiger partial charge in [-0.25, -0.2) is 0 Å². The summed E-state index contributed by atoms with van der Waals surface area (Å²) < 4.78 is 0. The molecule has 0 spiro atoms. The average Bonchev–Trinajstić information content (AvgIpc) is 2.56. The van der Waals surface area contributed by atoms with Gasteiger partial charge in [-0.05, 0) is 36.8 Å². The molecule has 112 valence electrons. The largest absolute Gasteiger partial charge is 0.384 e. The van der Waals surface area contributed by atoms with Crippen molar-refractivity contribution >= 4 is 17.3 Å². The Bertz CT molecular complexity index is 674. The fraction of sp³-hybridized carbons (Fsp3) is 0.235. The number of hydrogen-bond donors (Lipinski definition) is 2. The van der Waals surface area contributed by atoms with Crippen LogP contribution in [0.4, 0.5) is 11.4 Å². The third-order valence-electron chi connectivity index (χ3n) is 3.13. The number of nitrogens with one attached hydrogen (secondary N) is 2. The summed E-state index contributed by atoms with van der Waals surface area (Å²) in [6.45, 7) is 2.99.